The van der Waals surface area contributed by atoms with E-state index in [-0.39, 0.29) is 17.4 Å². The zero-order chi connectivity index (χ0) is 21.0. The number of hydrogen-bond acceptors (Lipinski definition) is 7. The van der Waals surface area contributed by atoms with Gasteiger partial charge in [0.05, 0.1) is 6.61 Å². The quantitative estimate of drug-likeness (QED) is 0.551. The van der Waals surface area contributed by atoms with Crippen LogP contribution in [0.2, 0.25) is 0 Å². The van der Waals surface area contributed by atoms with Crippen LogP contribution in [0.15, 0.2) is 39.4 Å². The molecule has 1 amide bonds. The number of carbonyl (C=O) groups is 1. The van der Waals surface area contributed by atoms with Crippen molar-refractivity contribution in [1.29, 1.82) is 0 Å². The van der Waals surface area contributed by atoms with E-state index in [0.717, 1.165) is 0 Å². The molecule has 29 heavy (non-hydrogen) atoms. The van der Waals surface area contributed by atoms with Gasteiger partial charge < -0.3 is 18.7 Å². The molecule has 0 saturated carbocycles. The summed E-state index contributed by atoms with van der Waals surface area (Å²) in [6, 6.07) is 7.87. The Bertz CT molecular complexity index is 964. The van der Waals surface area contributed by atoms with Gasteiger partial charge in [0.1, 0.15) is 11.5 Å². The van der Waals surface area contributed by atoms with E-state index in [9.17, 15) is 18.0 Å². The number of benzene rings is 1. The van der Waals surface area contributed by atoms with E-state index in [1.54, 1.807) is 32.3 Å². The average molecular weight is 410 g/mol. The maximum absolute atomic E-state index is 12.5. The van der Waals surface area contributed by atoms with Crippen molar-refractivity contribution >= 4 is 5.91 Å². The highest BCUT2D eigenvalue weighted by Crippen LogP contribution is 2.29. The molecule has 2 heterocycles. The normalized spacial score (nSPS) is 11.5. The third-order valence-electron chi connectivity index (χ3n) is 3.80. The number of hydrogen-bond donors (Lipinski definition) is 0. The van der Waals surface area contributed by atoms with E-state index in [0.29, 0.717) is 36.5 Å². The van der Waals surface area contributed by atoms with Crippen LogP contribution in [0.4, 0.5) is 13.2 Å². The maximum Gasteiger partial charge on any atom is 0.471 e. The van der Waals surface area contributed by atoms with Crippen molar-refractivity contribution in [2.45, 2.75) is 19.0 Å². The van der Waals surface area contributed by atoms with E-state index in [1.165, 1.54) is 17.0 Å². The summed E-state index contributed by atoms with van der Waals surface area (Å²) >= 11 is 0. The van der Waals surface area contributed by atoms with Crippen LogP contribution < -0.4 is 4.74 Å². The Kier molecular flexibility index (Phi) is 5.85. The van der Waals surface area contributed by atoms with Crippen molar-refractivity contribution < 1.29 is 31.7 Å². The molecule has 0 fully saturated rings. The Morgan fingerprint density at radius 2 is 1.86 bits per heavy atom. The molecule has 1 aromatic carbocycles. The first-order chi connectivity index (χ1) is 13.7. The highest BCUT2D eigenvalue weighted by molar-refractivity contribution is 5.91. The smallest absolute Gasteiger partial charge is 0.471 e. The van der Waals surface area contributed by atoms with Gasteiger partial charge in [-0.05, 0) is 30.7 Å². The first-order valence-corrected chi connectivity index (χ1v) is 8.55. The van der Waals surface area contributed by atoms with Gasteiger partial charge in [-0.2, -0.15) is 18.2 Å². The summed E-state index contributed by atoms with van der Waals surface area (Å²) in [7, 11) is 3.26. The number of carbonyl (C=O) groups excluding carboxylic acids is 1. The van der Waals surface area contributed by atoms with Crippen molar-refractivity contribution in [2.75, 3.05) is 20.7 Å². The number of nitrogens with zero attached hydrogens (tertiary/aromatic N) is 4. The van der Waals surface area contributed by atoms with Gasteiger partial charge in [-0.15, -0.1) is 0 Å². The lowest BCUT2D eigenvalue weighted by Crippen LogP contribution is -2.21. The molecule has 8 nitrogen and oxygen atoms in total. The molecule has 0 aliphatic rings. The summed E-state index contributed by atoms with van der Waals surface area (Å²) in [6.45, 7) is 0.372. The largest absolute Gasteiger partial charge is 0.494 e. The number of aromatic nitrogens is 3. The van der Waals surface area contributed by atoms with Gasteiger partial charge in [0.2, 0.25) is 5.82 Å². The molecule has 154 valence electrons. The summed E-state index contributed by atoms with van der Waals surface area (Å²) in [5.74, 6) is -0.672. The van der Waals surface area contributed by atoms with E-state index >= 15 is 0 Å². The van der Waals surface area contributed by atoms with Crippen molar-refractivity contribution in [2.24, 2.45) is 0 Å². The van der Waals surface area contributed by atoms with E-state index in [1.807, 2.05) is 0 Å². The number of rotatable bonds is 7. The fraction of sp³-hybridized carbons (Fsp3) is 0.333. The number of alkyl halides is 3. The molecule has 2 aromatic heterocycles. The number of aryl methyl sites for hydroxylation is 1. The Labute approximate surface area is 163 Å². The highest BCUT2D eigenvalue weighted by Gasteiger charge is 2.38. The molecule has 0 spiro atoms. The zero-order valence-electron chi connectivity index (χ0n) is 15.6. The minimum atomic E-state index is -4.68. The predicted molar refractivity (Wildman–Crippen MR) is 93.1 cm³/mol. The predicted octanol–water partition coefficient (Wildman–Crippen LogP) is 3.46. The molecule has 0 bridgehead atoms. The van der Waals surface area contributed by atoms with Crippen LogP contribution in [0, 0.1) is 0 Å². The molecule has 0 aliphatic carbocycles. The monoisotopic (exact) mass is 410 g/mol. The molecular formula is C18H17F3N4O4. The first kappa shape index (κ1) is 20.4. The van der Waals surface area contributed by atoms with Crippen LogP contribution >= 0.6 is 0 Å². The molecule has 11 heteroatoms. The molecule has 0 saturated heterocycles. The second-order valence-electron chi connectivity index (χ2n) is 6.28. The first-order valence-electron chi connectivity index (χ1n) is 8.55. The average Bonchev–Trinajstić information content (AvgIpc) is 3.34. The maximum atomic E-state index is 12.5. The Morgan fingerprint density at radius 3 is 2.48 bits per heavy atom. The molecule has 0 aliphatic heterocycles. The van der Waals surface area contributed by atoms with Gasteiger partial charge in [0.15, 0.2) is 5.69 Å². The Hall–Kier alpha value is -3.37. The summed E-state index contributed by atoms with van der Waals surface area (Å²) in [5, 5.41) is 7.06. The molecule has 0 atom stereocenters. The number of ether oxygens (including phenoxy) is 1. The van der Waals surface area contributed by atoms with E-state index in [4.69, 9.17) is 9.26 Å². The van der Waals surface area contributed by atoms with Crippen LogP contribution in [0.5, 0.6) is 5.75 Å². The van der Waals surface area contributed by atoms with Crippen molar-refractivity contribution in [3.8, 4) is 17.1 Å². The molecule has 0 radical (unpaired) electrons. The summed E-state index contributed by atoms with van der Waals surface area (Å²) in [5.41, 5.74) is 0.619. The van der Waals surface area contributed by atoms with Gasteiger partial charge in [0, 0.05) is 32.1 Å². The molecule has 0 N–H and O–H groups in total. The summed E-state index contributed by atoms with van der Waals surface area (Å²) in [6.07, 6.45) is -3.53. The lowest BCUT2D eigenvalue weighted by atomic mass is 10.2. The fourth-order valence-electron chi connectivity index (χ4n) is 2.35. The second kappa shape index (κ2) is 8.33. The van der Waals surface area contributed by atoms with E-state index in [2.05, 4.69) is 19.8 Å². The second-order valence-corrected chi connectivity index (χ2v) is 6.28. The van der Waals surface area contributed by atoms with Crippen molar-refractivity contribution in [1.82, 2.24) is 20.2 Å². The third kappa shape index (κ3) is 5.12. The highest BCUT2D eigenvalue weighted by atomic mass is 19.4. The van der Waals surface area contributed by atoms with Gasteiger partial charge in [-0.1, -0.05) is 10.3 Å². The molecule has 3 aromatic rings. The van der Waals surface area contributed by atoms with Crippen LogP contribution in [-0.4, -0.2) is 46.8 Å². The fourth-order valence-corrected chi connectivity index (χ4v) is 2.35. The Balaban J connectivity index is 1.48. The molecule has 0 unspecified atom stereocenters. The van der Waals surface area contributed by atoms with Crippen LogP contribution in [0.3, 0.4) is 0 Å². The van der Waals surface area contributed by atoms with Crippen LogP contribution in [-0.2, 0) is 12.6 Å². The molecular weight excluding hydrogens is 393 g/mol. The zero-order valence-corrected chi connectivity index (χ0v) is 15.6. The number of halogens is 3. The minimum Gasteiger partial charge on any atom is -0.494 e. The lowest BCUT2D eigenvalue weighted by Gasteiger charge is -2.06. The molecule has 3 rings (SSSR count). The standard InChI is InChI=1S/C18H17F3N4O4/c1-25(2)16(26)14-10-13(28-23-14)4-3-9-27-12-7-5-11(6-8-12)15-22-17(29-24-15)18(19,20)21/h5-8,10H,3-4,9H2,1-2H3. The van der Waals surface area contributed by atoms with Gasteiger partial charge in [-0.25, -0.2) is 0 Å². The van der Waals surface area contributed by atoms with Gasteiger partial charge >= 0.3 is 12.1 Å². The topological polar surface area (TPSA) is 94.5 Å². The van der Waals surface area contributed by atoms with Crippen molar-refractivity contribution in [3.63, 3.8) is 0 Å². The van der Waals surface area contributed by atoms with Crippen LogP contribution in [0.1, 0.15) is 28.6 Å². The SMILES string of the molecule is CN(C)C(=O)c1cc(CCCOc2ccc(-c3noc(C(F)(F)F)n3)cc2)on1. The third-order valence-corrected chi connectivity index (χ3v) is 3.80. The number of amides is 1. The van der Waals surface area contributed by atoms with Crippen molar-refractivity contribution in [3.05, 3.63) is 47.7 Å². The summed E-state index contributed by atoms with van der Waals surface area (Å²) in [4.78, 5) is 16.5. The van der Waals surface area contributed by atoms with Gasteiger partial charge in [0.25, 0.3) is 5.91 Å². The Morgan fingerprint density at radius 1 is 1.14 bits per heavy atom. The lowest BCUT2D eigenvalue weighted by molar-refractivity contribution is -0.159. The van der Waals surface area contributed by atoms with Gasteiger partial charge in [-0.3, -0.25) is 4.79 Å². The van der Waals surface area contributed by atoms with Crippen LogP contribution in [0.25, 0.3) is 11.4 Å². The minimum absolute atomic E-state index is 0.155. The van der Waals surface area contributed by atoms with E-state index < -0.39 is 12.1 Å². The summed E-state index contributed by atoms with van der Waals surface area (Å²) < 4.78 is 52.4.